The third-order valence-electron chi connectivity index (χ3n) is 3.90. The summed E-state index contributed by atoms with van der Waals surface area (Å²) in [5.41, 5.74) is 0.284. The number of piperazine rings is 1. The Morgan fingerprint density at radius 3 is 2.59 bits per heavy atom. The smallest absolute Gasteiger partial charge is 0.0593 e. The van der Waals surface area contributed by atoms with Crippen molar-refractivity contribution in [3.8, 4) is 0 Å². The number of ether oxygens (including phenoxy) is 1. The summed E-state index contributed by atoms with van der Waals surface area (Å²) >= 11 is 0. The van der Waals surface area contributed by atoms with Gasteiger partial charge in [-0.25, -0.2) is 0 Å². The fourth-order valence-corrected chi connectivity index (χ4v) is 2.87. The number of hydrogen-bond donors (Lipinski definition) is 1. The normalized spacial score (nSPS) is 25.8. The highest BCUT2D eigenvalue weighted by atomic mass is 16.5. The molecule has 0 unspecified atom stereocenters. The van der Waals surface area contributed by atoms with Gasteiger partial charge in [-0.15, -0.1) is 0 Å². The molecule has 2 fully saturated rings. The fraction of sp³-hybridized carbons (Fsp3) is 1.00. The van der Waals surface area contributed by atoms with E-state index in [2.05, 4.69) is 29.0 Å². The molecule has 2 saturated heterocycles. The van der Waals surface area contributed by atoms with Crippen LogP contribution in [0.25, 0.3) is 0 Å². The van der Waals surface area contributed by atoms with Crippen molar-refractivity contribution >= 4 is 0 Å². The second-order valence-electron chi connectivity index (χ2n) is 5.79. The Hall–Kier alpha value is -0.160. The van der Waals surface area contributed by atoms with Crippen molar-refractivity contribution in [2.75, 3.05) is 59.0 Å². The van der Waals surface area contributed by atoms with Gasteiger partial charge in [0, 0.05) is 58.0 Å². The molecule has 2 heterocycles. The summed E-state index contributed by atoms with van der Waals surface area (Å²) in [6.07, 6.45) is 1.18. The third-order valence-corrected chi connectivity index (χ3v) is 3.90. The molecule has 0 aromatic rings. The van der Waals surface area contributed by atoms with E-state index >= 15 is 0 Å². The van der Waals surface area contributed by atoms with Crippen molar-refractivity contribution in [1.29, 1.82) is 0 Å². The Morgan fingerprint density at radius 1 is 1.06 bits per heavy atom. The second-order valence-corrected chi connectivity index (χ2v) is 5.79. The lowest BCUT2D eigenvalue weighted by Gasteiger charge is -2.43. The van der Waals surface area contributed by atoms with Crippen molar-refractivity contribution in [2.24, 2.45) is 0 Å². The summed E-state index contributed by atoms with van der Waals surface area (Å²) in [7, 11) is 0. The molecule has 2 aliphatic heterocycles. The van der Waals surface area contributed by atoms with E-state index in [9.17, 15) is 0 Å². The van der Waals surface area contributed by atoms with Crippen LogP contribution >= 0.6 is 0 Å². The van der Waals surface area contributed by atoms with E-state index in [-0.39, 0.29) is 5.54 Å². The van der Waals surface area contributed by atoms with Crippen molar-refractivity contribution in [1.82, 2.24) is 15.1 Å². The van der Waals surface area contributed by atoms with Crippen molar-refractivity contribution in [3.63, 3.8) is 0 Å². The molecule has 0 saturated carbocycles. The Balaban J connectivity index is 1.85. The highest BCUT2D eigenvalue weighted by molar-refractivity contribution is 4.87. The van der Waals surface area contributed by atoms with Gasteiger partial charge < -0.3 is 10.1 Å². The van der Waals surface area contributed by atoms with Crippen LogP contribution in [0.5, 0.6) is 0 Å². The Morgan fingerprint density at radius 2 is 1.82 bits per heavy atom. The topological polar surface area (TPSA) is 27.7 Å². The highest BCUT2D eigenvalue weighted by Crippen LogP contribution is 2.17. The largest absolute Gasteiger partial charge is 0.380 e. The molecule has 0 spiro atoms. The molecule has 4 heteroatoms. The molecule has 1 N–H and O–H groups in total. The lowest BCUT2D eigenvalue weighted by molar-refractivity contribution is 0.0609. The van der Waals surface area contributed by atoms with E-state index in [0.717, 1.165) is 39.4 Å². The van der Waals surface area contributed by atoms with Crippen molar-refractivity contribution in [2.45, 2.75) is 25.8 Å². The molecule has 4 nitrogen and oxygen atoms in total. The van der Waals surface area contributed by atoms with Gasteiger partial charge in [0.05, 0.1) is 6.61 Å². The molecular formula is C13H27N3O. The van der Waals surface area contributed by atoms with Crippen LogP contribution < -0.4 is 5.32 Å². The average Bonchev–Trinajstić information content (AvgIpc) is 2.58. The Bertz CT molecular complexity index is 219. The van der Waals surface area contributed by atoms with Gasteiger partial charge in [0.25, 0.3) is 0 Å². The third kappa shape index (κ3) is 3.91. The maximum absolute atomic E-state index is 5.52. The molecular weight excluding hydrogens is 214 g/mol. The summed E-state index contributed by atoms with van der Waals surface area (Å²) in [5, 5.41) is 3.43. The van der Waals surface area contributed by atoms with Crippen LogP contribution in [-0.2, 0) is 4.74 Å². The van der Waals surface area contributed by atoms with Crippen LogP contribution in [0.2, 0.25) is 0 Å². The summed E-state index contributed by atoms with van der Waals surface area (Å²) < 4.78 is 5.52. The van der Waals surface area contributed by atoms with Crippen LogP contribution in [0, 0.1) is 0 Å². The maximum Gasteiger partial charge on any atom is 0.0593 e. The molecule has 100 valence electrons. The van der Waals surface area contributed by atoms with Crippen LogP contribution in [0.4, 0.5) is 0 Å². The molecule has 0 aliphatic carbocycles. The van der Waals surface area contributed by atoms with Gasteiger partial charge in [0.1, 0.15) is 0 Å². The van der Waals surface area contributed by atoms with Gasteiger partial charge in [-0.05, 0) is 20.3 Å². The summed E-state index contributed by atoms with van der Waals surface area (Å²) in [6, 6.07) is 0. The Kier molecular flexibility index (Phi) is 4.79. The highest BCUT2D eigenvalue weighted by Gasteiger charge is 2.29. The van der Waals surface area contributed by atoms with Crippen molar-refractivity contribution < 1.29 is 4.74 Å². The molecule has 0 aromatic carbocycles. The van der Waals surface area contributed by atoms with E-state index in [1.807, 2.05) is 0 Å². The lowest BCUT2D eigenvalue weighted by atomic mass is 10.0. The maximum atomic E-state index is 5.52. The number of nitrogens with zero attached hydrogens (tertiary/aromatic N) is 2. The zero-order valence-corrected chi connectivity index (χ0v) is 11.4. The van der Waals surface area contributed by atoms with E-state index in [0.29, 0.717) is 0 Å². The molecule has 17 heavy (non-hydrogen) atoms. The zero-order chi connectivity index (χ0) is 12.1. The lowest BCUT2D eigenvalue weighted by Crippen LogP contribution is -2.57. The van der Waals surface area contributed by atoms with Crippen LogP contribution in [0.1, 0.15) is 20.3 Å². The molecule has 2 aliphatic rings. The van der Waals surface area contributed by atoms with Gasteiger partial charge in [-0.2, -0.15) is 0 Å². The van der Waals surface area contributed by atoms with Gasteiger partial charge in [-0.1, -0.05) is 0 Å². The summed E-state index contributed by atoms with van der Waals surface area (Å²) in [5.74, 6) is 0. The minimum absolute atomic E-state index is 0.284. The first-order valence-electron chi connectivity index (χ1n) is 6.94. The zero-order valence-electron chi connectivity index (χ0n) is 11.4. The summed E-state index contributed by atoms with van der Waals surface area (Å²) in [4.78, 5) is 5.18. The predicted octanol–water partition coefficient (Wildman–Crippen LogP) is 0.393. The number of nitrogens with one attached hydrogen (secondary N) is 1. The first-order valence-corrected chi connectivity index (χ1v) is 6.94. The van der Waals surface area contributed by atoms with E-state index in [4.69, 9.17) is 4.74 Å². The molecule has 0 radical (unpaired) electrons. The van der Waals surface area contributed by atoms with Gasteiger partial charge in [0.15, 0.2) is 0 Å². The van der Waals surface area contributed by atoms with Crippen LogP contribution in [0.3, 0.4) is 0 Å². The minimum Gasteiger partial charge on any atom is -0.380 e. The first-order chi connectivity index (χ1) is 8.18. The van der Waals surface area contributed by atoms with Crippen LogP contribution in [-0.4, -0.2) is 74.4 Å². The first kappa shape index (κ1) is 13.3. The SMILES string of the molecule is CC(C)(CN1CCCOCC1)N1CCNCC1. The van der Waals surface area contributed by atoms with E-state index in [1.165, 1.54) is 26.1 Å². The average molecular weight is 241 g/mol. The number of rotatable bonds is 3. The van der Waals surface area contributed by atoms with Crippen molar-refractivity contribution in [3.05, 3.63) is 0 Å². The molecule has 0 atom stereocenters. The van der Waals surface area contributed by atoms with E-state index < -0.39 is 0 Å². The molecule has 0 bridgehead atoms. The predicted molar refractivity (Wildman–Crippen MR) is 70.4 cm³/mol. The quantitative estimate of drug-likeness (QED) is 0.774. The number of hydrogen-bond acceptors (Lipinski definition) is 4. The molecule has 0 amide bonds. The van der Waals surface area contributed by atoms with Gasteiger partial charge >= 0.3 is 0 Å². The fourth-order valence-electron chi connectivity index (χ4n) is 2.87. The molecule has 0 aromatic heterocycles. The van der Waals surface area contributed by atoms with E-state index in [1.54, 1.807) is 0 Å². The Labute approximate surface area is 105 Å². The van der Waals surface area contributed by atoms with Gasteiger partial charge in [0.2, 0.25) is 0 Å². The summed E-state index contributed by atoms with van der Waals surface area (Å²) in [6.45, 7) is 14.7. The monoisotopic (exact) mass is 241 g/mol. The van der Waals surface area contributed by atoms with Gasteiger partial charge in [-0.3, -0.25) is 9.80 Å². The minimum atomic E-state index is 0.284. The van der Waals surface area contributed by atoms with Crippen LogP contribution in [0.15, 0.2) is 0 Å². The standard InChI is InChI=1S/C13H27N3O/c1-13(2,16-7-4-14-5-8-16)12-15-6-3-10-17-11-9-15/h14H,3-12H2,1-2H3. The molecule has 2 rings (SSSR count). The second kappa shape index (κ2) is 6.14.